The number of carbonyl (C=O) groups excluding carboxylic acids is 1. The molecule has 1 aromatic heterocycles. The number of hydrogen-bond acceptors (Lipinski definition) is 5. The van der Waals surface area contributed by atoms with Gasteiger partial charge in [0.15, 0.2) is 0 Å². The van der Waals surface area contributed by atoms with Crippen LogP contribution in [-0.4, -0.2) is 19.3 Å². The lowest BCUT2D eigenvalue weighted by Crippen LogP contribution is -1.99. The van der Waals surface area contributed by atoms with E-state index in [0.717, 1.165) is 4.21 Å². The fourth-order valence-corrected chi connectivity index (χ4v) is 2.94. The zero-order valence-corrected chi connectivity index (χ0v) is 11.7. The van der Waals surface area contributed by atoms with E-state index in [-0.39, 0.29) is 5.97 Å². The van der Waals surface area contributed by atoms with Crippen LogP contribution in [0.4, 0.5) is 0 Å². The summed E-state index contributed by atoms with van der Waals surface area (Å²) in [6, 6.07) is 2.10. The minimum absolute atomic E-state index is 0.371. The monoisotopic (exact) mass is 257 g/mol. The van der Waals surface area contributed by atoms with Crippen LogP contribution in [0.3, 0.4) is 0 Å². The van der Waals surface area contributed by atoms with Crippen molar-refractivity contribution in [1.29, 1.82) is 5.26 Å². The Kier molecular flexibility index (Phi) is 6.86. The molecule has 0 aliphatic rings. The van der Waals surface area contributed by atoms with Crippen LogP contribution < -0.4 is 0 Å². The Balaban J connectivity index is 0.00000106. The van der Waals surface area contributed by atoms with Crippen LogP contribution in [0.25, 0.3) is 0 Å². The average molecular weight is 257 g/mol. The largest absolute Gasteiger partial charge is 0.465 e. The molecule has 0 aliphatic heterocycles. The van der Waals surface area contributed by atoms with Gasteiger partial charge >= 0.3 is 5.97 Å². The predicted molar refractivity (Wildman–Crippen MR) is 68.2 cm³/mol. The molecule has 0 atom stereocenters. The summed E-state index contributed by atoms with van der Waals surface area (Å²) < 4.78 is 5.49. The zero-order chi connectivity index (χ0) is 12.7. The number of ether oxygens (including phenoxy) is 1. The molecule has 1 aromatic rings. The van der Waals surface area contributed by atoms with Crippen molar-refractivity contribution in [2.75, 3.05) is 13.4 Å². The molecule has 0 amide bonds. The Morgan fingerprint density at radius 1 is 1.50 bits per heavy atom. The summed E-state index contributed by atoms with van der Waals surface area (Å²) in [7, 11) is 1.34. The molecule has 0 radical (unpaired) electrons. The molecule has 88 valence electrons. The summed E-state index contributed by atoms with van der Waals surface area (Å²) in [5, 5.41) is 8.89. The molecule has 0 aromatic carbocycles. The number of carbonyl (C=O) groups is 1. The van der Waals surface area contributed by atoms with Crippen molar-refractivity contribution in [2.24, 2.45) is 0 Å². The van der Waals surface area contributed by atoms with Crippen molar-refractivity contribution in [1.82, 2.24) is 0 Å². The molecule has 0 aliphatic carbocycles. The first-order valence-electron chi connectivity index (χ1n) is 4.81. The summed E-state index contributed by atoms with van der Waals surface area (Å²) in [6.45, 7) is 5.76. The maximum atomic E-state index is 11.3. The summed E-state index contributed by atoms with van der Waals surface area (Å²) in [5.74, 6) is -0.371. The fraction of sp³-hybridized carbons (Fsp3) is 0.455. The lowest BCUT2D eigenvalue weighted by molar-refractivity contribution is 0.0605. The van der Waals surface area contributed by atoms with E-state index in [4.69, 9.17) is 5.26 Å². The molecule has 0 saturated heterocycles. The highest BCUT2D eigenvalue weighted by atomic mass is 32.2. The van der Waals surface area contributed by atoms with Crippen LogP contribution >= 0.6 is 23.1 Å². The molecule has 0 spiro atoms. The third-order valence-corrected chi connectivity index (χ3v) is 4.17. The number of methoxy groups -OCH3 is 1. The van der Waals surface area contributed by atoms with E-state index in [9.17, 15) is 4.79 Å². The highest BCUT2D eigenvalue weighted by Crippen LogP contribution is 2.34. The second-order valence-electron chi connectivity index (χ2n) is 2.53. The van der Waals surface area contributed by atoms with Gasteiger partial charge in [0.05, 0.1) is 16.9 Å². The fourth-order valence-electron chi connectivity index (χ4n) is 1.05. The molecule has 1 heterocycles. The van der Waals surface area contributed by atoms with E-state index in [1.807, 2.05) is 20.1 Å². The molecule has 1 rings (SSSR count). The van der Waals surface area contributed by atoms with Crippen LogP contribution in [0.1, 0.15) is 34.6 Å². The lowest BCUT2D eigenvalue weighted by atomic mass is 10.2. The molecular formula is C11H15NO2S2. The number of hydrogen-bond donors (Lipinski definition) is 0. The summed E-state index contributed by atoms with van der Waals surface area (Å²) in [6.07, 6.45) is 1.88. The minimum atomic E-state index is -0.371. The molecule has 5 heteroatoms. The van der Waals surface area contributed by atoms with Crippen LogP contribution in [0.5, 0.6) is 0 Å². The van der Waals surface area contributed by atoms with Crippen LogP contribution in [0, 0.1) is 18.3 Å². The van der Waals surface area contributed by atoms with Gasteiger partial charge in [0.1, 0.15) is 10.9 Å². The first-order chi connectivity index (χ1) is 7.65. The van der Waals surface area contributed by atoms with Crippen molar-refractivity contribution in [3.63, 3.8) is 0 Å². The third-order valence-electron chi connectivity index (χ3n) is 1.78. The molecule has 0 N–H and O–H groups in total. The Morgan fingerprint density at radius 3 is 2.38 bits per heavy atom. The SMILES string of the molecule is CC.COC(=O)c1sc(SC)c(C#N)c1C. The van der Waals surface area contributed by atoms with Crippen molar-refractivity contribution in [3.05, 3.63) is 16.0 Å². The Labute approximate surface area is 104 Å². The third kappa shape index (κ3) is 3.00. The molecule has 0 fully saturated rings. The van der Waals surface area contributed by atoms with Gasteiger partial charge in [0.25, 0.3) is 0 Å². The van der Waals surface area contributed by atoms with Gasteiger partial charge in [-0.2, -0.15) is 5.26 Å². The molecule has 16 heavy (non-hydrogen) atoms. The van der Waals surface area contributed by atoms with Gasteiger partial charge < -0.3 is 4.74 Å². The molecule has 0 saturated carbocycles. The smallest absolute Gasteiger partial charge is 0.348 e. The van der Waals surface area contributed by atoms with E-state index >= 15 is 0 Å². The van der Waals surface area contributed by atoms with Crippen LogP contribution in [0.2, 0.25) is 0 Å². The van der Waals surface area contributed by atoms with Gasteiger partial charge in [0, 0.05) is 0 Å². The van der Waals surface area contributed by atoms with E-state index < -0.39 is 0 Å². The first kappa shape index (κ1) is 15.0. The normalized spacial score (nSPS) is 8.75. The second kappa shape index (κ2) is 7.31. The van der Waals surface area contributed by atoms with E-state index in [1.165, 1.54) is 30.2 Å². The van der Waals surface area contributed by atoms with Crippen molar-refractivity contribution in [3.8, 4) is 6.07 Å². The van der Waals surface area contributed by atoms with Gasteiger partial charge in [-0.05, 0) is 18.7 Å². The van der Waals surface area contributed by atoms with Gasteiger partial charge in [-0.3, -0.25) is 0 Å². The van der Waals surface area contributed by atoms with Crippen molar-refractivity contribution < 1.29 is 9.53 Å². The predicted octanol–water partition coefficient (Wildman–Crippen LogP) is 3.46. The highest BCUT2D eigenvalue weighted by Gasteiger charge is 2.19. The van der Waals surface area contributed by atoms with E-state index in [0.29, 0.717) is 16.0 Å². The number of esters is 1. The molecule has 3 nitrogen and oxygen atoms in total. The second-order valence-corrected chi connectivity index (χ2v) is 4.62. The number of thiophene rings is 1. The van der Waals surface area contributed by atoms with E-state index in [1.54, 1.807) is 6.92 Å². The summed E-state index contributed by atoms with van der Waals surface area (Å²) >= 11 is 2.78. The number of nitrogens with zero attached hydrogens (tertiary/aromatic N) is 1. The Hall–Kier alpha value is -0.990. The Bertz CT molecular complexity index is 405. The zero-order valence-electron chi connectivity index (χ0n) is 10.1. The number of nitriles is 1. The minimum Gasteiger partial charge on any atom is -0.465 e. The maximum Gasteiger partial charge on any atom is 0.348 e. The lowest BCUT2D eigenvalue weighted by Gasteiger charge is -1.95. The van der Waals surface area contributed by atoms with Gasteiger partial charge in [-0.25, -0.2) is 4.79 Å². The van der Waals surface area contributed by atoms with Gasteiger partial charge in [0.2, 0.25) is 0 Å². The van der Waals surface area contributed by atoms with Crippen LogP contribution in [-0.2, 0) is 4.74 Å². The van der Waals surface area contributed by atoms with Crippen molar-refractivity contribution >= 4 is 29.1 Å². The molecule has 0 unspecified atom stereocenters. The van der Waals surface area contributed by atoms with Gasteiger partial charge in [-0.1, -0.05) is 13.8 Å². The molecular weight excluding hydrogens is 242 g/mol. The number of rotatable bonds is 2. The highest BCUT2D eigenvalue weighted by molar-refractivity contribution is 8.00. The maximum absolute atomic E-state index is 11.3. The summed E-state index contributed by atoms with van der Waals surface area (Å²) in [5.41, 5.74) is 1.30. The Morgan fingerprint density at radius 2 is 2.06 bits per heavy atom. The van der Waals surface area contributed by atoms with E-state index in [2.05, 4.69) is 10.8 Å². The topological polar surface area (TPSA) is 50.1 Å². The molecule has 0 bridgehead atoms. The summed E-state index contributed by atoms with van der Waals surface area (Å²) in [4.78, 5) is 11.8. The quantitative estimate of drug-likeness (QED) is 0.601. The standard InChI is InChI=1S/C9H9NO2S2.C2H6/c1-5-6(4-10)9(13-3)14-7(5)8(11)12-2;1-2/h1-3H3;1-2H3. The number of thioether (sulfide) groups is 1. The van der Waals surface area contributed by atoms with Crippen LogP contribution in [0.15, 0.2) is 4.21 Å². The average Bonchev–Trinajstić information content (AvgIpc) is 2.67. The van der Waals surface area contributed by atoms with Gasteiger partial charge in [-0.15, -0.1) is 23.1 Å². The first-order valence-corrected chi connectivity index (χ1v) is 6.85. The van der Waals surface area contributed by atoms with Crippen molar-refractivity contribution in [2.45, 2.75) is 25.0 Å².